The van der Waals surface area contributed by atoms with E-state index in [1.807, 2.05) is 24.3 Å². The van der Waals surface area contributed by atoms with E-state index in [1.54, 1.807) is 0 Å². The number of halogens is 1. The highest BCUT2D eigenvalue weighted by Gasteiger charge is 1.99. The van der Waals surface area contributed by atoms with Crippen molar-refractivity contribution in [1.82, 2.24) is 5.32 Å². The quantitative estimate of drug-likeness (QED) is 0.785. The van der Waals surface area contributed by atoms with E-state index in [4.69, 9.17) is 17.3 Å². The van der Waals surface area contributed by atoms with E-state index in [2.05, 4.69) is 12.2 Å². The van der Waals surface area contributed by atoms with Crippen LogP contribution in [-0.4, -0.2) is 12.6 Å². The number of hydrogen-bond acceptors (Lipinski definition) is 2. The number of benzene rings is 1. The lowest BCUT2D eigenvalue weighted by atomic mass is 10.2. The first-order valence-corrected chi connectivity index (χ1v) is 5.28. The topological polar surface area (TPSA) is 38.0 Å². The van der Waals surface area contributed by atoms with Gasteiger partial charge in [-0.05, 0) is 37.6 Å². The summed E-state index contributed by atoms with van der Waals surface area (Å²) in [6.45, 7) is 3.75. The van der Waals surface area contributed by atoms with Crippen LogP contribution in [-0.2, 0) is 6.54 Å². The van der Waals surface area contributed by atoms with Gasteiger partial charge in [0.2, 0.25) is 0 Å². The monoisotopic (exact) mass is 212 g/mol. The summed E-state index contributed by atoms with van der Waals surface area (Å²) in [6.07, 6.45) is 1.01. The van der Waals surface area contributed by atoms with Gasteiger partial charge in [0.1, 0.15) is 0 Å². The van der Waals surface area contributed by atoms with Crippen LogP contribution in [0.15, 0.2) is 24.3 Å². The van der Waals surface area contributed by atoms with Gasteiger partial charge in [-0.15, -0.1) is 0 Å². The number of nitrogens with one attached hydrogen (secondary N) is 1. The van der Waals surface area contributed by atoms with Gasteiger partial charge in [0, 0.05) is 17.6 Å². The molecule has 1 aromatic carbocycles. The third kappa shape index (κ3) is 4.09. The van der Waals surface area contributed by atoms with Crippen LogP contribution in [0.3, 0.4) is 0 Å². The Morgan fingerprint density at radius 2 is 2.00 bits per heavy atom. The summed E-state index contributed by atoms with van der Waals surface area (Å²) in [6, 6.07) is 8.35. The lowest BCUT2D eigenvalue weighted by molar-refractivity contribution is 0.520. The highest BCUT2D eigenvalue weighted by atomic mass is 35.5. The van der Waals surface area contributed by atoms with Crippen molar-refractivity contribution in [2.75, 3.05) is 6.54 Å². The van der Waals surface area contributed by atoms with Gasteiger partial charge < -0.3 is 11.1 Å². The first kappa shape index (κ1) is 11.5. The van der Waals surface area contributed by atoms with Crippen LogP contribution in [0.4, 0.5) is 0 Å². The Labute approximate surface area is 90.4 Å². The van der Waals surface area contributed by atoms with Crippen LogP contribution >= 0.6 is 11.6 Å². The van der Waals surface area contributed by atoms with Gasteiger partial charge in [-0.3, -0.25) is 0 Å². The summed E-state index contributed by atoms with van der Waals surface area (Å²) in [5, 5.41) is 4.18. The molecule has 0 saturated heterocycles. The van der Waals surface area contributed by atoms with E-state index in [-0.39, 0.29) is 0 Å². The third-order valence-electron chi connectivity index (χ3n) is 2.17. The molecule has 0 saturated carbocycles. The van der Waals surface area contributed by atoms with E-state index in [0.717, 1.165) is 24.5 Å². The molecule has 0 aromatic heterocycles. The Kier molecular flexibility index (Phi) is 4.94. The van der Waals surface area contributed by atoms with Gasteiger partial charge >= 0.3 is 0 Å². The van der Waals surface area contributed by atoms with Gasteiger partial charge in [-0.2, -0.15) is 0 Å². The fourth-order valence-electron chi connectivity index (χ4n) is 1.25. The second kappa shape index (κ2) is 6.02. The molecule has 2 nitrogen and oxygen atoms in total. The molecule has 0 aliphatic carbocycles. The summed E-state index contributed by atoms with van der Waals surface area (Å²) in [5.74, 6) is 0. The van der Waals surface area contributed by atoms with Crippen molar-refractivity contribution in [1.29, 1.82) is 0 Å². The van der Waals surface area contributed by atoms with Crippen molar-refractivity contribution in [2.45, 2.75) is 25.9 Å². The molecule has 1 aromatic rings. The second-order valence-electron chi connectivity index (χ2n) is 3.49. The lowest BCUT2D eigenvalue weighted by Gasteiger charge is -2.12. The Morgan fingerprint density at radius 1 is 1.36 bits per heavy atom. The van der Waals surface area contributed by atoms with E-state index in [0.29, 0.717) is 6.04 Å². The summed E-state index contributed by atoms with van der Waals surface area (Å²) < 4.78 is 0. The maximum absolute atomic E-state index is 5.79. The van der Waals surface area contributed by atoms with Gasteiger partial charge in [-0.25, -0.2) is 0 Å². The first-order valence-electron chi connectivity index (χ1n) is 4.90. The van der Waals surface area contributed by atoms with Gasteiger partial charge in [0.15, 0.2) is 0 Å². The molecular weight excluding hydrogens is 196 g/mol. The fourth-order valence-corrected chi connectivity index (χ4v) is 1.37. The molecule has 1 unspecified atom stereocenters. The Hall–Kier alpha value is -0.570. The van der Waals surface area contributed by atoms with Crippen LogP contribution in [0, 0.1) is 0 Å². The van der Waals surface area contributed by atoms with Crippen molar-refractivity contribution in [3.8, 4) is 0 Å². The van der Waals surface area contributed by atoms with Crippen LogP contribution < -0.4 is 11.1 Å². The number of hydrogen-bond donors (Lipinski definition) is 2. The molecule has 0 spiro atoms. The van der Waals surface area contributed by atoms with Crippen molar-refractivity contribution in [3.63, 3.8) is 0 Å². The summed E-state index contributed by atoms with van der Waals surface area (Å²) in [4.78, 5) is 0. The molecule has 0 fully saturated rings. The molecule has 14 heavy (non-hydrogen) atoms. The molecule has 0 amide bonds. The summed E-state index contributed by atoms with van der Waals surface area (Å²) in [5.41, 5.74) is 6.71. The molecule has 0 aliphatic heterocycles. The zero-order valence-corrected chi connectivity index (χ0v) is 9.22. The highest BCUT2D eigenvalue weighted by Crippen LogP contribution is 2.09. The zero-order valence-electron chi connectivity index (χ0n) is 8.46. The minimum absolute atomic E-state index is 0.468. The average molecular weight is 213 g/mol. The summed E-state index contributed by atoms with van der Waals surface area (Å²) in [7, 11) is 0. The van der Waals surface area contributed by atoms with E-state index in [9.17, 15) is 0 Å². The molecule has 3 N–H and O–H groups in total. The normalized spacial score (nSPS) is 12.8. The van der Waals surface area contributed by atoms with Gasteiger partial charge in [-0.1, -0.05) is 23.7 Å². The molecule has 0 bridgehead atoms. The van der Waals surface area contributed by atoms with Crippen molar-refractivity contribution in [3.05, 3.63) is 34.9 Å². The highest BCUT2D eigenvalue weighted by molar-refractivity contribution is 6.30. The van der Waals surface area contributed by atoms with Gasteiger partial charge in [0.05, 0.1) is 0 Å². The number of nitrogens with two attached hydrogens (primary N) is 1. The predicted molar refractivity (Wildman–Crippen MR) is 61.4 cm³/mol. The van der Waals surface area contributed by atoms with Gasteiger partial charge in [0.25, 0.3) is 0 Å². The Morgan fingerprint density at radius 3 is 2.57 bits per heavy atom. The maximum Gasteiger partial charge on any atom is 0.0406 e. The predicted octanol–water partition coefficient (Wildman–Crippen LogP) is 2.17. The molecule has 0 aliphatic rings. The standard InChI is InChI=1S/C11H17ClN2/c1-9(6-7-13)14-8-10-2-4-11(12)5-3-10/h2-5,9,14H,6-8,13H2,1H3. The van der Waals surface area contributed by atoms with Crippen LogP contribution in [0.5, 0.6) is 0 Å². The lowest BCUT2D eigenvalue weighted by Crippen LogP contribution is -2.27. The van der Waals surface area contributed by atoms with E-state index in [1.165, 1.54) is 5.56 Å². The molecule has 1 atom stereocenters. The minimum atomic E-state index is 0.468. The third-order valence-corrected chi connectivity index (χ3v) is 2.42. The SMILES string of the molecule is CC(CCN)NCc1ccc(Cl)cc1. The van der Waals surface area contributed by atoms with E-state index >= 15 is 0 Å². The van der Waals surface area contributed by atoms with Crippen molar-refractivity contribution in [2.24, 2.45) is 5.73 Å². The Bertz CT molecular complexity index is 258. The molecule has 0 heterocycles. The zero-order chi connectivity index (χ0) is 10.4. The Balaban J connectivity index is 2.34. The second-order valence-corrected chi connectivity index (χ2v) is 3.92. The summed E-state index contributed by atoms with van der Waals surface area (Å²) >= 11 is 5.79. The van der Waals surface area contributed by atoms with Crippen molar-refractivity contribution >= 4 is 11.6 Å². The largest absolute Gasteiger partial charge is 0.330 e. The fraction of sp³-hybridized carbons (Fsp3) is 0.455. The number of rotatable bonds is 5. The molecule has 78 valence electrons. The van der Waals surface area contributed by atoms with Crippen molar-refractivity contribution < 1.29 is 0 Å². The maximum atomic E-state index is 5.79. The molecule has 0 radical (unpaired) electrons. The van der Waals surface area contributed by atoms with E-state index < -0.39 is 0 Å². The molecule has 3 heteroatoms. The van der Waals surface area contributed by atoms with Crippen LogP contribution in [0.1, 0.15) is 18.9 Å². The molecular formula is C11H17ClN2. The first-order chi connectivity index (χ1) is 6.72. The molecule has 1 rings (SSSR count). The van der Waals surface area contributed by atoms with Crippen LogP contribution in [0.25, 0.3) is 0 Å². The average Bonchev–Trinajstić information content (AvgIpc) is 2.17. The van der Waals surface area contributed by atoms with Crippen LogP contribution in [0.2, 0.25) is 5.02 Å². The smallest absolute Gasteiger partial charge is 0.0406 e. The minimum Gasteiger partial charge on any atom is -0.330 e.